The molecule has 106 valence electrons. The highest BCUT2D eigenvalue weighted by Gasteiger charge is 2.49. The summed E-state index contributed by atoms with van der Waals surface area (Å²) in [6, 6.07) is -1.04. The maximum atomic E-state index is 12.0. The molecular weight excluding hydrogens is 250 g/mol. The number of fused-ring (bicyclic) bond motifs is 1. The zero-order chi connectivity index (χ0) is 14.3. The molecule has 0 aromatic rings. The highest BCUT2D eigenvalue weighted by Crippen LogP contribution is 2.24. The molecule has 0 aliphatic carbocycles. The average molecular weight is 269 g/mol. The molecule has 3 atom stereocenters. The van der Waals surface area contributed by atoms with Crippen molar-refractivity contribution < 1.29 is 14.7 Å². The lowest BCUT2D eigenvalue weighted by Gasteiger charge is -2.37. The molecule has 1 saturated heterocycles. The highest BCUT2D eigenvalue weighted by molar-refractivity contribution is 6.03. The van der Waals surface area contributed by atoms with Gasteiger partial charge >= 0.3 is 6.03 Å². The molecule has 8 heteroatoms. The molecule has 3 unspecified atom stereocenters. The van der Waals surface area contributed by atoms with Gasteiger partial charge in [0.05, 0.1) is 6.10 Å². The van der Waals surface area contributed by atoms with E-state index in [9.17, 15) is 14.7 Å². The minimum Gasteiger partial charge on any atom is -0.392 e. The number of aliphatic hydroxyl groups excluding tert-OH is 1. The smallest absolute Gasteiger partial charge is 0.325 e. The fraction of sp³-hybridized carbons (Fsp3) is 0.727. The molecule has 2 aliphatic heterocycles. The maximum Gasteiger partial charge on any atom is 0.325 e. The number of imide groups is 1. The lowest BCUT2D eigenvalue weighted by atomic mass is 10.1. The van der Waals surface area contributed by atoms with Crippen LogP contribution in [0, 0.1) is 0 Å². The van der Waals surface area contributed by atoms with Crippen LogP contribution in [0.1, 0.15) is 6.92 Å². The quantitative estimate of drug-likeness (QED) is 0.635. The summed E-state index contributed by atoms with van der Waals surface area (Å²) in [5.41, 5.74) is 0. The predicted octanol–water partition coefficient (Wildman–Crippen LogP) is -1.52. The molecule has 0 radical (unpaired) electrons. The normalized spacial score (nSPS) is 27.9. The topological polar surface area (TPSA) is 88.5 Å². The van der Waals surface area contributed by atoms with Crippen molar-refractivity contribution in [2.24, 2.45) is 4.99 Å². The van der Waals surface area contributed by atoms with E-state index >= 15 is 0 Å². The Balaban J connectivity index is 2.35. The summed E-state index contributed by atoms with van der Waals surface area (Å²) < 4.78 is 0. The van der Waals surface area contributed by atoms with Crippen molar-refractivity contribution in [3.05, 3.63) is 0 Å². The summed E-state index contributed by atoms with van der Waals surface area (Å²) in [4.78, 5) is 32.9. The Kier molecular flexibility index (Phi) is 3.36. The number of likely N-dealkylation sites (N-methyl/N-ethyl adjacent to an activating group) is 1. The Morgan fingerprint density at radius 1 is 1.47 bits per heavy atom. The molecule has 0 spiro atoms. The number of aliphatic imine (C=N–C) groups is 1. The first kappa shape index (κ1) is 13.6. The highest BCUT2D eigenvalue weighted by atomic mass is 16.3. The van der Waals surface area contributed by atoms with Gasteiger partial charge in [-0.15, -0.1) is 0 Å². The Bertz CT molecular complexity index is 434. The van der Waals surface area contributed by atoms with Gasteiger partial charge in [0, 0.05) is 27.7 Å². The number of carbonyl (C=O) groups excluding carboxylic acids is 2. The summed E-state index contributed by atoms with van der Waals surface area (Å²) in [7, 11) is 5.22. The number of guanidine groups is 1. The average Bonchev–Trinajstić information content (AvgIpc) is 2.65. The van der Waals surface area contributed by atoms with Gasteiger partial charge in [0.15, 0.2) is 18.2 Å². The summed E-state index contributed by atoms with van der Waals surface area (Å²) >= 11 is 0. The Morgan fingerprint density at radius 3 is 2.63 bits per heavy atom. The van der Waals surface area contributed by atoms with Gasteiger partial charge < -0.3 is 19.8 Å². The van der Waals surface area contributed by atoms with Crippen molar-refractivity contribution in [1.82, 2.24) is 20.0 Å². The van der Waals surface area contributed by atoms with Crippen LogP contribution >= 0.6 is 0 Å². The fourth-order valence-corrected chi connectivity index (χ4v) is 2.36. The Hall–Kier alpha value is -1.83. The summed E-state index contributed by atoms with van der Waals surface area (Å²) in [5.74, 6) is 0.210. The number of β-amino-alcohol motifs (C(OH)–C–C–N with tert-alkyl or cyclic N) is 1. The molecule has 3 amide bonds. The van der Waals surface area contributed by atoms with E-state index in [2.05, 4.69) is 10.3 Å². The van der Waals surface area contributed by atoms with Crippen molar-refractivity contribution in [2.45, 2.75) is 25.2 Å². The molecule has 1 fully saturated rings. The molecule has 0 aromatic heterocycles. The number of nitrogens with one attached hydrogen (secondary N) is 1. The van der Waals surface area contributed by atoms with Gasteiger partial charge in [-0.1, -0.05) is 0 Å². The van der Waals surface area contributed by atoms with Crippen LogP contribution in [0.15, 0.2) is 4.99 Å². The third kappa shape index (κ3) is 2.23. The largest absolute Gasteiger partial charge is 0.392 e. The number of nitrogens with zero attached hydrogens (tertiary/aromatic N) is 4. The van der Waals surface area contributed by atoms with Crippen molar-refractivity contribution >= 4 is 17.9 Å². The number of aliphatic hydroxyl groups is 1. The molecule has 0 aromatic carbocycles. The minimum atomic E-state index is -0.598. The third-order valence-electron chi connectivity index (χ3n) is 3.20. The second-order valence-electron chi connectivity index (χ2n) is 5.09. The fourth-order valence-electron chi connectivity index (χ4n) is 2.36. The molecule has 19 heavy (non-hydrogen) atoms. The molecular formula is C11H19N5O3. The number of hydrogen-bond donors (Lipinski definition) is 2. The number of carbonyl (C=O) groups is 2. The van der Waals surface area contributed by atoms with Crippen LogP contribution in [-0.2, 0) is 4.79 Å². The standard InChI is InChI=1S/C11H19N5O3/c1-6(17)5-16-7-8(12-10(16)14(2)3)15(4)11(19)13-9(7)18/h6-8,17H,5H2,1-4H3,(H,13,18,19). The van der Waals surface area contributed by atoms with Gasteiger partial charge in [-0.25, -0.2) is 9.79 Å². The second kappa shape index (κ2) is 4.69. The van der Waals surface area contributed by atoms with Gasteiger partial charge in [-0.3, -0.25) is 10.1 Å². The van der Waals surface area contributed by atoms with Gasteiger partial charge in [0.25, 0.3) is 5.91 Å². The van der Waals surface area contributed by atoms with Gasteiger partial charge in [-0.05, 0) is 6.92 Å². The Morgan fingerprint density at radius 2 is 2.11 bits per heavy atom. The number of hydrogen-bond acceptors (Lipinski definition) is 6. The van der Waals surface area contributed by atoms with Crippen LogP contribution in [0.25, 0.3) is 0 Å². The summed E-state index contributed by atoms with van der Waals surface area (Å²) in [5, 5.41) is 11.9. The van der Waals surface area contributed by atoms with Crippen LogP contribution in [0.5, 0.6) is 0 Å². The molecule has 2 N–H and O–H groups in total. The van der Waals surface area contributed by atoms with Crippen LogP contribution in [0.2, 0.25) is 0 Å². The van der Waals surface area contributed by atoms with Gasteiger partial charge in [0.2, 0.25) is 0 Å². The van der Waals surface area contributed by atoms with Crippen LogP contribution in [-0.4, -0.2) is 83.7 Å². The minimum absolute atomic E-state index is 0.285. The van der Waals surface area contributed by atoms with Crippen molar-refractivity contribution in [3.8, 4) is 0 Å². The van der Waals surface area contributed by atoms with Gasteiger partial charge in [0.1, 0.15) is 0 Å². The van der Waals surface area contributed by atoms with E-state index in [1.54, 1.807) is 23.8 Å². The van der Waals surface area contributed by atoms with E-state index in [4.69, 9.17) is 0 Å². The van der Waals surface area contributed by atoms with E-state index in [0.717, 1.165) is 0 Å². The molecule has 2 aliphatic rings. The van der Waals surface area contributed by atoms with E-state index in [1.807, 2.05) is 14.1 Å². The molecule has 0 saturated carbocycles. The zero-order valence-electron chi connectivity index (χ0n) is 11.5. The van der Waals surface area contributed by atoms with Crippen LogP contribution in [0.3, 0.4) is 0 Å². The van der Waals surface area contributed by atoms with Gasteiger partial charge in [-0.2, -0.15) is 0 Å². The monoisotopic (exact) mass is 269 g/mol. The SMILES string of the molecule is CC(O)CN1C(N(C)C)=NC2C1C(=O)NC(=O)N2C. The Labute approximate surface area is 111 Å². The van der Waals surface area contributed by atoms with Crippen molar-refractivity contribution in [3.63, 3.8) is 0 Å². The molecule has 8 nitrogen and oxygen atoms in total. The van der Waals surface area contributed by atoms with Crippen LogP contribution in [0.4, 0.5) is 4.79 Å². The van der Waals surface area contributed by atoms with Crippen molar-refractivity contribution in [2.75, 3.05) is 27.7 Å². The first-order valence-electron chi connectivity index (χ1n) is 6.10. The zero-order valence-corrected chi connectivity index (χ0v) is 11.5. The molecule has 2 heterocycles. The lowest BCUT2D eigenvalue weighted by molar-refractivity contribution is -0.127. The van der Waals surface area contributed by atoms with E-state index in [-0.39, 0.29) is 12.5 Å². The second-order valence-corrected chi connectivity index (χ2v) is 5.09. The maximum absolute atomic E-state index is 12.0. The number of rotatable bonds is 2. The van der Waals surface area contributed by atoms with E-state index in [0.29, 0.717) is 5.96 Å². The molecule has 2 rings (SSSR count). The van der Waals surface area contributed by atoms with Crippen molar-refractivity contribution in [1.29, 1.82) is 0 Å². The lowest BCUT2D eigenvalue weighted by Crippen LogP contribution is -2.64. The third-order valence-corrected chi connectivity index (χ3v) is 3.20. The van der Waals surface area contributed by atoms with Crippen LogP contribution < -0.4 is 5.32 Å². The van der Waals surface area contributed by atoms with E-state index < -0.39 is 24.3 Å². The first-order valence-corrected chi connectivity index (χ1v) is 6.10. The number of urea groups is 1. The first-order chi connectivity index (χ1) is 8.82. The summed E-state index contributed by atoms with van der Waals surface area (Å²) in [6.07, 6.45) is -1.14. The van der Waals surface area contributed by atoms with E-state index in [1.165, 1.54) is 4.90 Å². The predicted molar refractivity (Wildman–Crippen MR) is 68.4 cm³/mol. The number of amides is 3. The summed E-state index contributed by atoms with van der Waals surface area (Å²) in [6.45, 7) is 1.93. The molecule has 0 bridgehead atoms.